The maximum Gasteiger partial charge on any atom is 0.243 e. The highest BCUT2D eigenvalue weighted by Gasteiger charge is 2.50. The second kappa shape index (κ2) is 5.54. The van der Waals surface area contributed by atoms with Crippen LogP contribution in [0, 0.1) is 0 Å². The van der Waals surface area contributed by atoms with Gasteiger partial charge in [-0.25, -0.2) is 4.98 Å². The number of aromatic nitrogens is 2. The van der Waals surface area contributed by atoms with Gasteiger partial charge in [0.15, 0.2) is 0 Å². The number of hydrogen-bond acceptors (Lipinski definition) is 4. The zero-order chi connectivity index (χ0) is 14.0. The van der Waals surface area contributed by atoms with Gasteiger partial charge in [0.2, 0.25) is 5.91 Å². The maximum atomic E-state index is 12.8. The molecule has 20 heavy (non-hydrogen) atoms. The lowest BCUT2D eigenvalue weighted by Gasteiger charge is -2.44. The summed E-state index contributed by atoms with van der Waals surface area (Å²) in [5.41, 5.74) is -0.361. The number of aromatic amines is 1. The van der Waals surface area contributed by atoms with Crippen molar-refractivity contribution in [2.75, 3.05) is 26.2 Å². The molecule has 1 amide bonds. The summed E-state index contributed by atoms with van der Waals surface area (Å²) >= 11 is 0. The molecule has 0 aliphatic carbocycles. The van der Waals surface area contributed by atoms with Crippen molar-refractivity contribution in [1.82, 2.24) is 19.8 Å². The number of rotatable bonds is 4. The van der Waals surface area contributed by atoms with Crippen LogP contribution in [0.4, 0.5) is 0 Å². The summed E-state index contributed by atoms with van der Waals surface area (Å²) in [6.45, 7) is 2.91. The first kappa shape index (κ1) is 13.6. The van der Waals surface area contributed by atoms with Crippen molar-refractivity contribution in [1.29, 1.82) is 0 Å². The number of carbonyl (C=O) groups excluding carboxylic acids is 1. The number of carbonyl (C=O) groups is 1. The Morgan fingerprint density at radius 2 is 2.15 bits per heavy atom. The Bertz CT molecular complexity index is 460. The molecule has 1 atom stereocenters. The van der Waals surface area contributed by atoms with Crippen LogP contribution in [0.25, 0.3) is 0 Å². The number of hydrogen-bond donors (Lipinski definition) is 2. The third kappa shape index (κ3) is 2.23. The molecule has 2 aliphatic rings. The maximum absolute atomic E-state index is 12.8. The zero-order valence-electron chi connectivity index (χ0n) is 11.7. The highest BCUT2D eigenvalue weighted by atomic mass is 16.3. The minimum atomic E-state index is -0.361. The van der Waals surface area contributed by atoms with Crippen LogP contribution in [0.1, 0.15) is 31.5 Å². The number of H-pyrrole nitrogens is 1. The van der Waals surface area contributed by atoms with Gasteiger partial charge in [-0.1, -0.05) is 0 Å². The molecular formula is C14H22N4O2. The van der Waals surface area contributed by atoms with Crippen LogP contribution in [0.5, 0.6) is 0 Å². The second-order valence-corrected chi connectivity index (χ2v) is 5.71. The summed E-state index contributed by atoms with van der Waals surface area (Å²) in [5, 5.41) is 9.12. The first-order chi connectivity index (χ1) is 9.76. The fraction of sp³-hybridized carbons (Fsp3) is 0.714. The van der Waals surface area contributed by atoms with Gasteiger partial charge >= 0.3 is 0 Å². The molecule has 1 aromatic heterocycles. The summed E-state index contributed by atoms with van der Waals surface area (Å²) in [6.07, 6.45) is 7.49. The van der Waals surface area contributed by atoms with Crippen LogP contribution in [0.2, 0.25) is 0 Å². The summed E-state index contributed by atoms with van der Waals surface area (Å²) in [7, 11) is 0. The third-order valence-electron chi connectivity index (χ3n) is 4.59. The molecule has 0 saturated carbocycles. The number of piperidine rings is 1. The quantitative estimate of drug-likeness (QED) is 0.834. The van der Waals surface area contributed by atoms with E-state index in [1.165, 1.54) is 0 Å². The molecule has 6 nitrogen and oxygen atoms in total. The van der Waals surface area contributed by atoms with Crippen LogP contribution in [0.3, 0.4) is 0 Å². The number of imidazole rings is 1. The van der Waals surface area contributed by atoms with E-state index in [2.05, 4.69) is 14.9 Å². The SMILES string of the molecule is O=C1N(CCO)CCCC12CCCN2Cc1ncc[nH]1. The van der Waals surface area contributed by atoms with E-state index >= 15 is 0 Å². The largest absolute Gasteiger partial charge is 0.395 e. The van der Waals surface area contributed by atoms with Gasteiger partial charge in [-0.15, -0.1) is 0 Å². The normalized spacial score (nSPS) is 27.6. The van der Waals surface area contributed by atoms with Crippen LogP contribution in [-0.2, 0) is 11.3 Å². The average Bonchev–Trinajstić information content (AvgIpc) is 3.08. The monoisotopic (exact) mass is 278 g/mol. The molecule has 6 heteroatoms. The fourth-order valence-electron chi connectivity index (χ4n) is 3.65. The summed E-state index contributed by atoms with van der Waals surface area (Å²) in [6, 6.07) is 0. The van der Waals surface area contributed by atoms with Crippen LogP contribution in [0.15, 0.2) is 12.4 Å². The van der Waals surface area contributed by atoms with Gasteiger partial charge in [0.25, 0.3) is 0 Å². The Hall–Kier alpha value is -1.40. The van der Waals surface area contributed by atoms with Crippen LogP contribution < -0.4 is 0 Å². The molecule has 3 rings (SSSR count). The van der Waals surface area contributed by atoms with E-state index in [1.54, 1.807) is 6.20 Å². The highest BCUT2D eigenvalue weighted by Crippen LogP contribution is 2.38. The van der Waals surface area contributed by atoms with Crippen molar-refractivity contribution in [2.45, 2.75) is 37.8 Å². The van der Waals surface area contributed by atoms with Crippen LogP contribution >= 0.6 is 0 Å². The number of β-amino-alcohol motifs (C(OH)–C–C–N with tert-alkyl or cyclic N) is 1. The number of aliphatic hydroxyl groups is 1. The molecule has 0 radical (unpaired) electrons. The van der Waals surface area contributed by atoms with Gasteiger partial charge in [0.1, 0.15) is 11.4 Å². The number of aliphatic hydroxyl groups excluding tert-OH is 1. The van der Waals surface area contributed by atoms with Crippen molar-refractivity contribution >= 4 is 5.91 Å². The first-order valence-electron chi connectivity index (χ1n) is 7.40. The molecule has 0 bridgehead atoms. The van der Waals surface area contributed by atoms with E-state index in [9.17, 15) is 4.79 Å². The predicted octanol–water partition coefficient (Wildman–Crippen LogP) is 0.359. The van der Waals surface area contributed by atoms with E-state index in [-0.39, 0.29) is 18.1 Å². The zero-order valence-corrected chi connectivity index (χ0v) is 11.7. The van der Waals surface area contributed by atoms with Gasteiger partial charge < -0.3 is 15.0 Å². The molecule has 110 valence electrons. The van der Waals surface area contributed by atoms with E-state index in [0.717, 1.165) is 44.6 Å². The highest BCUT2D eigenvalue weighted by molar-refractivity contribution is 5.87. The Kier molecular flexibility index (Phi) is 3.76. The van der Waals surface area contributed by atoms with Gasteiger partial charge in [-0.2, -0.15) is 0 Å². The number of nitrogens with zero attached hydrogens (tertiary/aromatic N) is 3. The fourth-order valence-corrected chi connectivity index (χ4v) is 3.65. The van der Waals surface area contributed by atoms with Crippen molar-refractivity contribution < 1.29 is 9.90 Å². The van der Waals surface area contributed by atoms with Crippen molar-refractivity contribution in [3.05, 3.63) is 18.2 Å². The second-order valence-electron chi connectivity index (χ2n) is 5.71. The topological polar surface area (TPSA) is 72.5 Å². The first-order valence-corrected chi connectivity index (χ1v) is 7.40. The van der Waals surface area contributed by atoms with Crippen LogP contribution in [-0.4, -0.2) is 62.6 Å². The number of amides is 1. The number of likely N-dealkylation sites (tertiary alicyclic amines) is 2. The predicted molar refractivity (Wildman–Crippen MR) is 73.9 cm³/mol. The van der Waals surface area contributed by atoms with Crippen molar-refractivity contribution in [3.63, 3.8) is 0 Å². The van der Waals surface area contributed by atoms with Gasteiger partial charge in [0, 0.05) is 25.5 Å². The molecule has 2 saturated heterocycles. The summed E-state index contributed by atoms with van der Waals surface area (Å²) in [5.74, 6) is 1.11. The minimum Gasteiger partial charge on any atom is -0.395 e. The minimum absolute atomic E-state index is 0.0417. The molecule has 1 aromatic rings. The van der Waals surface area contributed by atoms with E-state index < -0.39 is 0 Å². The average molecular weight is 278 g/mol. The molecule has 0 aromatic carbocycles. The summed E-state index contributed by atoms with van der Waals surface area (Å²) < 4.78 is 0. The molecule has 2 fully saturated rings. The third-order valence-corrected chi connectivity index (χ3v) is 4.59. The Morgan fingerprint density at radius 3 is 2.85 bits per heavy atom. The lowest BCUT2D eigenvalue weighted by atomic mass is 9.85. The molecule has 1 unspecified atom stereocenters. The molecule has 3 heterocycles. The summed E-state index contributed by atoms with van der Waals surface area (Å²) in [4.78, 5) is 24.3. The Morgan fingerprint density at radius 1 is 1.35 bits per heavy atom. The lowest BCUT2D eigenvalue weighted by Crippen LogP contribution is -2.60. The standard InChI is InChI=1S/C14H22N4O2/c19-10-9-17-7-1-3-14(13(17)20)4-2-8-18(14)11-12-15-5-6-16-12/h5-6,19H,1-4,7-11H2,(H,15,16). The van der Waals surface area contributed by atoms with Gasteiger partial charge in [0.05, 0.1) is 13.2 Å². The van der Waals surface area contributed by atoms with Crippen molar-refractivity contribution in [2.24, 2.45) is 0 Å². The van der Waals surface area contributed by atoms with Gasteiger partial charge in [-0.3, -0.25) is 9.69 Å². The lowest BCUT2D eigenvalue weighted by molar-refractivity contribution is -0.148. The van der Waals surface area contributed by atoms with Gasteiger partial charge in [-0.05, 0) is 32.2 Å². The Labute approximate surface area is 118 Å². The van der Waals surface area contributed by atoms with Crippen molar-refractivity contribution in [3.8, 4) is 0 Å². The molecular weight excluding hydrogens is 256 g/mol. The Balaban J connectivity index is 1.79. The van der Waals surface area contributed by atoms with E-state index in [4.69, 9.17) is 5.11 Å². The molecule has 2 aliphatic heterocycles. The van der Waals surface area contributed by atoms with E-state index in [0.29, 0.717) is 13.1 Å². The molecule has 2 N–H and O–H groups in total. The smallest absolute Gasteiger partial charge is 0.243 e. The van der Waals surface area contributed by atoms with E-state index in [1.807, 2.05) is 11.1 Å². The number of nitrogens with one attached hydrogen (secondary N) is 1. The molecule has 1 spiro atoms.